The number of carbonyl (C=O) groups excluding carboxylic acids is 1. The topological polar surface area (TPSA) is 97.7 Å². The summed E-state index contributed by atoms with van der Waals surface area (Å²) in [5.74, 6) is 0.726. The predicted octanol–water partition coefficient (Wildman–Crippen LogP) is 4.73. The molecule has 1 aromatic carbocycles. The molecule has 0 saturated carbocycles. The number of thioether (sulfide) groups is 1. The highest BCUT2D eigenvalue weighted by Crippen LogP contribution is 2.38. The van der Waals surface area contributed by atoms with Crippen molar-refractivity contribution in [3.8, 4) is 11.3 Å². The number of aliphatic imine (C=N–C) groups is 1. The van der Waals surface area contributed by atoms with Crippen LogP contribution in [-0.4, -0.2) is 22.1 Å². The molecule has 1 aliphatic heterocycles. The van der Waals surface area contributed by atoms with Crippen molar-refractivity contribution in [3.05, 3.63) is 62.5 Å². The van der Waals surface area contributed by atoms with E-state index in [1.807, 2.05) is 13.2 Å². The van der Waals surface area contributed by atoms with Crippen LogP contribution in [0.3, 0.4) is 0 Å². The van der Waals surface area contributed by atoms with E-state index in [0.717, 1.165) is 5.70 Å². The highest BCUT2D eigenvalue weighted by Gasteiger charge is 2.29. The maximum Gasteiger partial charge on any atom is 0.270 e. The standard InChI is InChI=1S/C18H16ClN3O4S/c1-9-16(10(2)23)17(21-18(20-9)27-3)15-7-6-14(26-15)12-8-11(22(24)25)4-5-13(12)19/h4-8,17H,1-3H3,(H,20,21)/t17-/m1/s1. The van der Waals surface area contributed by atoms with Gasteiger partial charge in [0.2, 0.25) is 0 Å². The molecule has 27 heavy (non-hydrogen) atoms. The summed E-state index contributed by atoms with van der Waals surface area (Å²) < 4.78 is 5.91. The zero-order valence-corrected chi connectivity index (χ0v) is 16.4. The number of non-ortho nitro benzene ring substituents is 1. The van der Waals surface area contributed by atoms with Gasteiger partial charge in [-0.3, -0.25) is 14.9 Å². The highest BCUT2D eigenvalue weighted by molar-refractivity contribution is 8.13. The van der Waals surface area contributed by atoms with Gasteiger partial charge in [0.15, 0.2) is 11.0 Å². The van der Waals surface area contributed by atoms with Crippen LogP contribution in [0.15, 0.2) is 51.0 Å². The third-order valence-corrected chi connectivity index (χ3v) is 5.04. The Kier molecular flexibility index (Phi) is 5.38. The number of hydrogen-bond donors (Lipinski definition) is 1. The predicted molar refractivity (Wildman–Crippen MR) is 106 cm³/mol. The van der Waals surface area contributed by atoms with E-state index in [1.165, 1.54) is 36.9 Å². The molecule has 0 radical (unpaired) electrons. The molecule has 2 aromatic rings. The first-order chi connectivity index (χ1) is 12.8. The molecule has 9 heteroatoms. The van der Waals surface area contributed by atoms with Gasteiger partial charge >= 0.3 is 0 Å². The van der Waals surface area contributed by atoms with Crippen LogP contribution in [0, 0.1) is 10.1 Å². The van der Waals surface area contributed by atoms with Crippen LogP contribution < -0.4 is 5.32 Å². The summed E-state index contributed by atoms with van der Waals surface area (Å²) in [4.78, 5) is 27.2. The number of rotatable bonds is 4. The second-order valence-electron chi connectivity index (χ2n) is 5.88. The third kappa shape index (κ3) is 3.77. The Balaban J connectivity index is 2.06. The molecule has 0 fully saturated rings. The molecule has 0 spiro atoms. The largest absolute Gasteiger partial charge is 0.458 e. The summed E-state index contributed by atoms with van der Waals surface area (Å²) in [5, 5.41) is 15.1. The number of allylic oxidation sites excluding steroid dienone is 1. The average molecular weight is 406 g/mol. The van der Waals surface area contributed by atoms with Crippen LogP contribution in [0.1, 0.15) is 25.6 Å². The molecule has 0 amide bonds. The second kappa shape index (κ2) is 7.58. The summed E-state index contributed by atoms with van der Waals surface area (Å²) in [5.41, 5.74) is 1.55. The molecule has 1 N–H and O–H groups in total. The first kappa shape index (κ1) is 19.2. The summed E-state index contributed by atoms with van der Waals surface area (Å²) in [6, 6.07) is 6.94. The van der Waals surface area contributed by atoms with Crippen molar-refractivity contribution in [1.29, 1.82) is 0 Å². The summed E-state index contributed by atoms with van der Waals surface area (Å²) in [6.45, 7) is 3.30. The Hall–Kier alpha value is -2.58. The van der Waals surface area contributed by atoms with Crippen molar-refractivity contribution in [3.63, 3.8) is 0 Å². The Labute approximate surface area is 164 Å². The van der Waals surface area contributed by atoms with Crippen molar-refractivity contribution in [2.75, 3.05) is 6.26 Å². The summed E-state index contributed by atoms with van der Waals surface area (Å²) >= 11 is 7.62. The van der Waals surface area contributed by atoms with E-state index in [4.69, 9.17) is 16.0 Å². The highest BCUT2D eigenvalue weighted by atomic mass is 35.5. The van der Waals surface area contributed by atoms with Gasteiger partial charge in [-0.2, -0.15) is 0 Å². The van der Waals surface area contributed by atoms with Crippen LogP contribution in [0.4, 0.5) is 5.69 Å². The Morgan fingerprint density at radius 1 is 1.37 bits per heavy atom. The monoisotopic (exact) mass is 405 g/mol. The molecule has 140 valence electrons. The zero-order chi connectivity index (χ0) is 19.7. The van der Waals surface area contributed by atoms with Gasteiger partial charge in [-0.15, -0.1) is 0 Å². The first-order valence-corrected chi connectivity index (χ1v) is 9.56. The van der Waals surface area contributed by atoms with E-state index < -0.39 is 11.0 Å². The quantitative estimate of drug-likeness (QED) is 0.583. The van der Waals surface area contributed by atoms with Gasteiger partial charge in [0.05, 0.1) is 9.95 Å². The molecular weight excluding hydrogens is 390 g/mol. The van der Waals surface area contributed by atoms with Gasteiger partial charge in [0, 0.05) is 29.0 Å². The van der Waals surface area contributed by atoms with Gasteiger partial charge in [-0.05, 0) is 38.3 Å². The van der Waals surface area contributed by atoms with E-state index in [0.29, 0.717) is 32.8 Å². The number of furan rings is 1. The molecule has 0 bridgehead atoms. The van der Waals surface area contributed by atoms with Crippen LogP contribution >= 0.6 is 23.4 Å². The van der Waals surface area contributed by atoms with Crippen molar-refractivity contribution in [1.82, 2.24) is 5.32 Å². The normalized spacial score (nSPS) is 16.7. The first-order valence-electron chi connectivity index (χ1n) is 7.96. The molecular formula is C18H16ClN3O4S. The van der Waals surface area contributed by atoms with Gasteiger partial charge in [0.25, 0.3) is 5.69 Å². The van der Waals surface area contributed by atoms with Crippen LogP contribution in [0.25, 0.3) is 11.3 Å². The lowest BCUT2D eigenvalue weighted by Gasteiger charge is -2.23. The molecule has 1 atom stereocenters. The Morgan fingerprint density at radius 2 is 2.11 bits per heavy atom. The zero-order valence-electron chi connectivity index (χ0n) is 14.8. The molecule has 3 rings (SSSR count). The average Bonchev–Trinajstić information content (AvgIpc) is 3.10. The van der Waals surface area contributed by atoms with E-state index in [2.05, 4.69) is 10.3 Å². The van der Waals surface area contributed by atoms with E-state index >= 15 is 0 Å². The minimum absolute atomic E-state index is 0.0860. The van der Waals surface area contributed by atoms with Crippen LogP contribution in [0.2, 0.25) is 5.02 Å². The number of carbonyl (C=O) groups is 1. The second-order valence-corrected chi connectivity index (χ2v) is 7.09. The van der Waals surface area contributed by atoms with Gasteiger partial charge in [0.1, 0.15) is 17.6 Å². The number of nitro groups is 1. The van der Waals surface area contributed by atoms with Gasteiger partial charge in [-0.1, -0.05) is 23.4 Å². The van der Waals surface area contributed by atoms with Gasteiger partial charge < -0.3 is 9.73 Å². The number of ketones is 1. The SMILES string of the molecule is CSC1=N[C@H](c2ccc(-c3cc([N+](=O)[O-])ccc3Cl)o2)C(C(C)=O)=C(C)N1. The lowest BCUT2D eigenvalue weighted by Crippen LogP contribution is -2.28. The van der Waals surface area contributed by atoms with Gasteiger partial charge in [-0.25, -0.2) is 4.99 Å². The van der Waals surface area contributed by atoms with Crippen molar-refractivity contribution >= 4 is 40.0 Å². The fourth-order valence-corrected chi connectivity index (χ4v) is 3.55. The number of hydrogen-bond acceptors (Lipinski definition) is 7. The lowest BCUT2D eigenvalue weighted by molar-refractivity contribution is -0.384. The third-order valence-electron chi connectivity index (χ3n) is 4.11. The number of Topliss-reactive ketones (excluding diaryl/α,β-unsaturated/α-hetero) is 1. The number of nitrogens with zero attached hydrogens (tertiary/aromatic N) is 2. The minimum atomic E-state index is -0.586. The summed E-state index contributed by atoms with van der Waals surface area (Å²) in [7, 11) is 0. The maximum atomic E-state index is 12.1. The fourth-order valence-electron chi connectivity index (χ4n) is 2.87. The Bertz CT molecular complexity index is 996. The Morgan fingerprint density at radius 3 is 2.74 bits per heavy atom. The van der Waals surface area contributed by atoms with E-state index in [9.17, 15) is 14.9 Å². The number of nitrogens with one attached hydrogen (secondary N) is 1. The molecule has 1 aliphatic rings. The smallest absolute Gasteiger partial charge is 0.270 e. The maximum absolute atomic E-state index is 12.1. The minimum Gasteiger partial charge on any atom is -0.458 e. The lowest BCUT2D eigenvalue weighted by atomic mass is 9.99. The number of halogens is 1. The van der Waals surface area contributed by atoms with Crippen molar-refractivity contribution in [2.24, 2.45) is 4.99 Å². The van der Waals surface area contributed by atoms with Crippen LogP contribution in [0.5, 0.6) is 0 Å². The fraction of sp³-hybridized carbons (Fsp3) is 0.222. The molecule has 2 heterocycles. The molecule has 1 aromatic heterocycles. The van der Waals surface area contributed by atoms with Crippen LogP contribution in [-0.2, 0) is 4.79 Å². The molecule has 7 nitrogen and oxygen atoms in total. The van der Waals surface area contributed by atoms with E-state index in [-0.39, 0.29) is 11.5 Å². The van der Waals surface area contributed by atoms with Crippen molar-refractivity contribution in [2.45, 2.75) is 19.9 Å². The number of nitro benzene ring substituents is 1. The molecule has 0 unspecified atom stereocenters. The molecule has 0 aliphatic carbocycles. The number of benzene rings is 1. The number of amidine groups is 1. The van der Waals surface area contributed by atoms with E-state index in [1.54, 1.807) is 12.1 Å². The van der Waals surface area contributed by atoms with Crippen molar-refractivity contribution < 1.29 is 14.1 Å². The summed E-state index contributed by atoms with van der Waals surface area (Å²) in [6.07, 6.45) is 1.88. The molecule has 0 saturated heterocycles.